The molecule has 0 aromatic heterocycles. The minimum absolute atomic E-state index is 0.0498. The number of aliphatic hydroxyl groups is 3. The number of hydrogen-bond acceptors (Lipinski definition) is 9. The lowest BCUT2D eigenvalue weighted by Gasteiger charge is -2.24. The minimum atomic E-state index is -0.365. The summed E-state index contributed by atoms with van der Waals surface area (Å²) in [5, 5.41) is 29.4. The summed E-state index contributed by atoms with van der Waals surface area (Å²) in [6.07, 6.45) is -1.24. The van der Waals surface area contributed by atoms with Gasteiger partial charge in [-0.05, 0) is 37.5 Å². The van der Waals surface area contributed by atoms with Crippen molar-refractivity contribution in [3.8, 4) is 0 Å². The van der Waals surface area contributed by atoms with Crippen molar-refractivity contribution in [2.24, 2.45) is 0 Å². The van der Waals surface area contributed by atoms with E-state index in [1.165, 1.54) is 16.7 Å². The van der Waals surface area contributed by atoms with Crippen LogP contribution in [0.1, 0.15) is 55.6 Å². The zero-order valence-electron chi connectivity index (χ0n) is 29.5. The van der Waals surface area contributed by atoms with E-state index in [-0.39, 0.29) is 36.6 Å². The summed E-state index contributed by atoms with van der Waals surface area (Å²) in [7, 11) is 4.97. The summed E-state index contributed by atoms with van der Waals surface area (Å²) in [6, 6.07) is 32.1. The lowest BCUT2D eigenvalue weighted by Crippen LogP contribution is -2.26. The predicted molar refractivity (Wildman–Crippen MR) is 190 cm³/mol. The van der Waals surface area contributed by atoms with Gasteiger partial charge in [-0.2, -0.15) is 0 Å². The fourth-order valence-electron chi connectivity index (χ4n) is 6.83. The van der Waals surface area contributed by atoms with E-state index in [0.717, 1.165) is 19.6 Å². The average Bonchev–Trinajstić information content (AvgIpc) is 3.83. The van der Waals surface area contributed by atoms with Gasteiger partial charge in [-0.1, -0.05) is 91.0 Å². The molecule has 9 atom stereocenters. The summed E-state index contributed by atoms with van der Waals surface area (Å²) >= 11 is 0. The monoisotopic (exact) mass is 663 g/mol. The van der Waals surface area contributed by atoms with E-state index in [4.69, 9.17) is 14.2 Å². The Hall–Kier alpha value is -2.70. The van der Waals surface area contributed by atoms with Crippen molar-refractivity contribution in [2.45, 2.75) is 75.5 Å². The van der Waals surface area contributed by atoms with Crippen LogP contribution < -0.4 is 0 Å². The highest BCUT2D eigenvalue weighted by molar-refractivity contribution is 5.20. The lowest BCUT2D eigenvalue weighted by atomic mass is 10.1. The number of hydrogen-bond donors (Lipinski definition) is 3. The Morgan fingerprint density at radius 1 is 0.438 bits per heavy atom. The third-order valence-electron chi connectivity index (χ3n) is 10.2. The Bertz CT molecular complexity index is 1140. The van der Waals surface area contributed by atoms with Crippen LogP contribution in [0.2, 0.25) is 0 Å². The molecule has 0 amide bonds. The zero-order chi connectivity index (χ0) is 34.6. The predicted octanol–water partition coefficient (Wildman–Crippen LogP) is 4.32. The molecule has 6 rings (SSSR count). The van der Waals surface area contributed by atoms with Gasteiger partial charge in [0.2, 0.25) is 0 Å². The summed E-state index contributed by atoms with van der Waals surface area (Å²) < 4.78 is 15.7. The maximum Gasteiger partial charge on any atom is 0.0969 e. The van der Waals surface area contributed by atoms with Gasteiger partial charge in [-0.15, -0.1) is 0 Å². The van der Waals surface area contributed by atoms with Crippen LogP contribution in [0, 0.1) is 0 Å². The van der Waals surface area contributed by atoms with Gasteiger partial charge in [0.05, 0.1) is 36.6 Å². The van der Waals surface area contributed by atoms with Crippen molar-refractivity contribution in [3.63, 3.8) is 0 Å². The number of nitrogens with zero attached hydrogens (tertiary/aromatic N) is 3. The van der Waals surface area contributed by atoms with Gasteiger partial charge in [0.25, 0.3) is 0 Å². The molecule has 0 bridgehead atoms. The first-order valence-electron chi connectivity index (χ1n) is 17.2. The summed E-state index contributed by atoms with van der Waals surface area (Å²) in [4.78, 5) is 6.77. The topological polar surface area (TPSA) is 98.1 Å². The van der Waals surface area contributed by atoms with E-state index in [9.17, 15) is 15.3 Å². The second kappa shape index (κ2) is 18.9. The van der Waals surface area contributed by atoms with Crippen LogP contribution in [0.5, 0.6) is 0 Å². The number of methoxy groups -OCH3 is 3. The SMILES string of the molecule is CO[C@@H]1CN([C@H](C)c2ccccc2)C[C@H]1O.CO[C@@H]1CN([C@H](C)c2ccccc2)C[C@H]1O.CO[C@H]1CN([C@H](C)c2ccccc2)C[C@@H]1O. The molecule has 0 aliphatic carbocycles. The Kier molecular flexibility index (Phi) is 15.0. The molecule has 0 saturated carbocycles. The molecule has 48 heavy (non-hydrogen) atoms. The molecule has 264 valence electrons. The van der Waals surface area contributed by atoms with E-state index < -0.39 is 0 Å². The number of β-amino-alcohol motifs (C(OH)–C–C–N with tert-alkyl or cyclic N) is 3. The second-order valence-electron chi connectivity index (χ2n) is 13.1. The van der Waals surface area contributed by atoms with E-state index in [1.807, 2.05) is 54.6 Å². The maximum atomic E-state index is 9.79. The molecule has 9 heteroatoms. The van der Waals surface area contributed by atoms with E-state index >= 15 is 0 Å². The maximum absolute atomic E-state index is 9.79. The molecule has 9 nitrogen and oxygen atoms in total. The molecule has 0 unspecified atom stereocenters. The molecule has 3 aromatic rings. The highest BCUT2D eigenvalue weighted by Gasteiger charge is 2.36. The molecule has 3 aliphatic rings. The second-order valence-corrected chi connectivity index (χ2v) is 13.1. The van der Waals surface area contributed by atoms with Gasteiger partial charge >= 0.3 is 0 Å². The van der Waals surface area contributed by atoms with E-state index in [2.05, 4.69) is 71.9 Å². The van der Waals surface area contributed by atoms with Crippen LogP contribution in [0.25, 0.3) is 0 Å². The van der Waals surface area contributed by atoms with Gasteiger partial charge < -0.3 is 29.5 Å². The quantitative estimate of drug-likeness (QED) is 0.310. The van der Waals surface area contributed by atoms with Crippen molar-refractivity contribution in [1.29, 1.82) is 0 Å². The van der Waals surface area contributed by atoms with Crippen molar-refractivity contribution in [1.82, 2.24) is 14.7 Å². The molecule has 3 aliphatic heterocycles. The molecule has 3 fully saturated rings. The first-order valence-corrected chi connectivity index (χ1v) is 17.2. The van der Waals surface area contributed by atoms with Crippen LogP contribution in [0.4, 0.5) is 0 Å². The number of likely N-dealkylation sites (tertiary alicyclic amines) is 3. The van der Waals surface area contributed by atoms with Crippen LogP contribution in [0.15, 0.2) is 91.0 Å². The summed E-state index contributed by atoms with van der Waals surface area (Å²) in [5.74, 6) is 0. The third kappa shape index (κ3) is 10.2. The highest BCUT2D eigenvalue weighted by atomic mass is 16.5. The largest absolute Gasteiger partial charge is 0.389 e. The number of aliphatic hydroxyl groups excluding tert-OH is 3. The van der Waals surface area contributed by atoms with Crippen molar-refractivity contribution >= 4 is 0 Å². The molecule has 3 heterocycles. The summed E-state index contributed by atoms with van der Waals surface area (Å²) in [5.41, 5.74) is 3.85. The highest BCUT2D eigenvalue weighted by Crippen LogP contribution is 2.28. The molecular weight excluding hydrogens is 606 g/mol. The van der Waals surface area contributed by atoms with Crippen LogP contribution in [0.3, 0.4) is 0 Å². The first kappa shape index (κ1) is 38.1. The Balaban J connectivity index is 0.000000163. The Morgan fingerprint density at radius 2 is 0.667 bits per heavy atom. The van der Waals surface area contributed by atoms with Crippen molar-refractivity contribution in [2.75, 3.05) is 60.6 Å². The van der Waals surface area contributed by atoms with Gasteiger partial charge in [-0.3, -0.25) is 14.7 Å². The van der Waals surface area contributed by atoms with Crippen LogP contribution in [-0.4, -0.2) is 127 Å². The van der Waals surface area contributed by atoms with Gasteiger partial charge in [0.15, 0.2) is 0 Å². The Morgan fingerprint density at radius 3 is 0.854 bits per heavy atom. The summed E-state index contributed by atoms with van der Waals surface area (Å²) in [6.45, 7) is 11.0. The number of rotatable bonds is 9. The van der Waals surface area contributed by atoms with Crippen molar-refractivity contribution < 1.29 is 29.5 Å². The van der Waals surface area contributed by atoms with Crippen LogP contribution in [-0.2, 0) is 14.2 Å². The Labute approximate surface area is 287 Å². The molecule has 0 radical (unpaired) electrons. The van der Waals surface area contributed by atoms with Crippen LogP contribution >= 0.6 is 0 Å². The molecule has 3 aromatic carbocycles. The first-order chi connectivity index (χ1) is 23.2. The molecule has 3 saturated heterocycles. The van der Waals surface area contributed by atoms with E-state index in [0.29, 0.717) is 37.8 Å². The average molecular weight is 664 g/mol. The fraction of sp³-hybridized carbons (Fsp3) is 0.538. The van der Waals surface area contributed by atoms with Gasteiger partial charge in [0.1, 0.15) is 0 Å². The van der Waals surface area contributed by atoms with E-state index in [1.54, 1.807) is 21.3 Å². The smallest absolute Gasteiger partial charge is 0.0969 e. The standard InChI is InChI=1S/3C13H19NO2/c3*1-10(11-6-4-3-5-7-11)14-8-12(15)13(9-14)16-2/h3*3-7,10,12-13,15H,8-9H2,1-2H3/t10-,12+,13+;2*10-,12-,13-/m111/s1. The third-order valence-corrected chi connectivity index (χ3v) is 10.2. The normalized spacial score (nSPS) is 28.2. The number of ether oxygens (including phenoxy) is 3. The number of benzene rings is 3. The zero-order valence-corrected chi connectivity index (χ0v) is 29.5. The van der Waals surface area contributed by atoms with Crippen molar-refractivity contribution in [3.05, 3.63) is 108 Å². The molecule has 0 spiro atoms. The minimum Gasteiger partial charge on any atom is -0.389 e. The molecular formula is C39H57N3O6. The fourth-order valence-corrected chi connectivity index (χ4v) is 6.83. The lowest BCUT2D eigenvalue weighted by molar-refractivity contribution is 0.0214. The van der Waals surface area contributed by atoms with Gasteiger partial charge in [-0.25, -0.2) is 0 Å². The molecule has 3 N–H and O–H groups in total. The van der Waals surface area contributed by atoms with Gasteiger partial charge in [0, 0.05) is 78.7 Å².